The van der Waals surface area contributed by atoms with E-state index in [1.807, 2.05) is 12.2 Å². The van der Waals surface area contributed by atoms with Crippen LogP contribution in [0.1, 0.15) is 78.6 Å². The minimum Gasteiger partial charge on any atom is -0.481 e. The molecule has 1 aliphatic carbocycles. The van der Waals surface area contributed by atoms with Gasteiger partial charge in [0.2, 0.25) is 0 Å². The molecule has 1 fully saturated rings. The van der Waals surface area contributed by atoms with E-state index in [4.69, 9.17) is 5.11 Å². The fourth-order valence-electron chi connectivity index (χ4n) is 3.68. The molecule has 0 saturated heterocycles. The summed E-state index contributed by atoms with van der Waals surface area (Å²) in [5.41, 5.74) is -0.122. The summed E-state index contributed by atoms with van der Waals surface area (Å²) in [4.78, 5) is 10.5. The standard InChI is InChI=1S/C22H38O4/c1-4-5-16-22(2,3)20(24)15-13-17-12-14-19(23)18(17)10-8-6-7-9-11-21(25)26/h6,8,13,15,17-20,23-24H,4-5,7,9-12,14,16H2,1-3H3,(H,25,26). The van der Waals surface area contributed by atoms with E-state index in [2.05, 4.69) is 32.9 Å². The fourth-order valence-corrected chi connectivity index (χ4v) is 3.68. The molecule has 4 atom stereocenters. The number of hydrogen-bond acceptors (Lipinski definition) is 3. The van der Waals surface area contributed by atoms with E-state index in [0.29, 0.717) is 12.3 Å². The van der Waals surface area contributed by atoms with Crippen molar-refractivity contribution in [2.24, 2.45) is 17.3 Å². The predicted molar refractivity (Wildman–Crippen MR) is 106 cm³/mol. The first-order valence-electron chi connectivity index (χ1n) is 10.2. The van der Waals surface area contributed by atoms with E-state index in [0.717, 1.165) is 44.9 Å². The summed E-state index contributed by atoms with van der Waals surface area (Å²) in [6, 6.07) is 0. The number of carboxylic acid groups (broad SMARTS) is 1. The Balaban J connectivity index is 2.51. The number of unbranched alkanes of at least 4 members (excludes halogenated alkanes) is 2. The molecule has 1 aliphatic rings. The molecule has 4 nitrogen and oxygen atoms in total. The lowest BCUT2D eigenvalue weighted by Crippen LogP contribution is -2.27. The van der Waals surface area contributed by atoms with Gasteiger partial charge < -0.3 is 15.3 Å². The van der Waals surface area contributed by atoms with Crippen LogP contribution < -0.4 is 0 Å². The zero-order valence-electron chi connectivity index (χ0n) is 16.7. The average molecular weight is 367 g/mol. The molecule has 1 saturated carbocycles. The third-order valence-electron chi connectivity index (χ3n) is 5.69. The van der Waals surface area contributed by atoms with Gasteiger partial charge in [-0.15, -0.1) is 0 Å². The molecule has 0 spiro atoms. The lowest BCUT2D eigenvalue weighted by Gasteiger charge is -2.29. The highest BCUT2D eigenvalue weighted by molar-refractivity contribution is 5.66. The summed E-state index contributed by atoms with van der Waals surface area (Å²) in [5.74, 6) is -0.270. The first kappa shape index (κ1) is 22.9. The number of allylic oxidation sites excluding steroid dienone is 3. The zero-order valence-corrected chi connectivity index (χ0v) is 16.7. The topological polar surface area (TPSA) is 77.8 Å². The quantitative estimate of drug-likeness (QED) is 0.345. The van der Waals surface area contributed by atoms with Gasteiger partial charge in [-0.05, 0) is 55.8 Å². The second-order valence-electron chi connectivity index (χ2n) is 8.39. The van der Waals surface area contributed by atoms with Crippen molar-refractivity contribution >= 4 is 5.97 Å². The molecule has 26 heavy (non-hydrogen) atoms. The zero-order chi connectivity index (χ0) is 19.6. The van der Waals surface area contributed by atoms with Crippen LogP contribution in [0, 0.1) is 17.3 Å². The van der Waals surface area contributed by atoms with Crippen molar-refractivity contribution in [3.63, 3.8) is 0 Å². The van der Waals surface area contributed by atoms with Crippen LogP contribution in [-0.4, -0.2) is 33.5 Å². The van der Waals surface area contributed by atoms with Crippen LogP contribution >= 0.6 is 0 Å². The third-order valence-corrected chi connectivity index (χ3v) is 5.69. The van der Waals surface area contributed by atoms with Crippen LogP contribution in [0.4, 0.5) is 0 Å². The van der Waals surface area contributed by atoms with E-state index in [1.165, 1.54) is 0 Å². The highest BCUT2D eigenvalue weighted by Crippen LogP contribution is 2.37. The SMILES string of the molecule is CCCCC(C)(C)C(O)C=CC1CCC(O)C1CC=CCCCC(=O)O. The number of carbonyl (C=O) groups is 1. The summed E-state index contributed by atoms with van der Waals surface area (Å²) < 4.78 is 0. The molecule has 0 aromatic rings. The molecule has 0 aromatic heterocycles. The summed E-state index contributed by atoms with van der Waals surface area (Å²) >= 11 is 0. The molecule has 1 rings (SSSR count). The van der Waals surface area contributed by atoms with Crippen LogP contribution in [0.25, 0.3) is 0 Å². The van der Waals surface area contributed by atoms with Gasteiger partial charge >= 0.3 is 5.97 Å². The van der Waals surface area contributed by atoms with Crippen LogP contribution in [-0.2, 0) is 4.79 Å². The molecule has 0 heterocycles. The van der Waals surface area contributed by atoms with E-state index in [9.17, 15) is 15.0 Å². The number of aliphatic hydroxyl groups excluding tert-OH is 2. The number of aliphatic carboxylic acids is 1. The smallest absolute Gasteiger partial charge is 0.303 e. The molecule has 4 unspecified atom stereocenters. The Labute approximate surface area is 159 Å². The Hall–Kier alpha value is -1.13. The number of hydrogen-bond donors (Lipinski definition) is 3. The van der Waals surface area contributed by atoms with Crippen molar-refractivity contribution in [3.8, 4) is 0 Å². The predicted octanol–water partition coefficient (Wildman–Crippen LogP) is 4.71. The molecule has 0 amide bonds. The first-order chi connectivity index (χ1) is 12.3. The fraction of sp³-hybridized carbons (Fsp3) is 0.773. The van der Waals surface area contributed by atoms with Gasteiger partial charge in [-0.3, -0.25) is 4.79 Å². The van der Waals surface area contributed by atoms with Gasteiger partial charge in [0.15, 0.2) is 0 Å². The summed E-state index contributed by atoms with van der Waals surface area (Å²) in [5, 5.41) is 29.4. The van der Waals surface area contributed by atoms with E-state index in [1.54, 1.807) is 0 Å². The van der Waals surface area contributed by atoms with Crippen molar-refractivity contribution in [3.05, 3.63) is 24.3 Å². The van der Waals surface area contributed by atoms with Gasteiger partial charge in [0, 0.05) is 6.42 Å². The van der Waals surface area contributed by atoms with E-state index < -0.39 is 12.1 Å². The lowest BCUT2D eigenvalue weighted by molar-refractivity contribution is -0.137. The maximum Gasteiger partial charge on any atom is 0.303 e. The maximum atomic E-state index is 10.5. The van der Waals surface area contributed by atoms with Crippen LogP contribution in [0.2, 0.25) is 0 Å². The van der Waals surface area contributed by atoms with Crippen LogP contribution in [0.15, 0.2) is 24.3 Å². The maximum absolute atomic E-state index is 10.5. The van der Waals surface area contributed by atoms with Crippen LogP contribution in [0.5, 0.6) is 0 Å². The second kappa shape index (κ2) is 11.6. The largest absolute Gasteiger partial charge is 0.481 e. The Bertz CT molecular complexity index is 467. The number of carboxylic acids is 1. The molecular formula is C22H38O4. The van der Waals surface area contributed by atoms with E-state index in [-0.39, 0.29) is 23.9 Å². The molecule has 4 heteroatoms. The molecule has 0 aliphatic heterocycles. The van der Waals surface area contributed by atoms with Crippen molar-refractivity contribution in [1.82, 2.24) is 0 Å². The molecule has 0 bridgehead atoms. The Morgan fingerprint density at radius 3 is 2.62 bits per heavy atom. The van der Waals surface area contributed by atoms with Crippen molar-refractivity contribution in [2.45, 2.75) is 90.8 Å². The first-order valence-corrected chi connectivity index (χ1v) is 10.2. The third kappa shape index (κ3) is 8.05. The summed E-state index contributed by atoms with van der Waals surface area (Å²) in [6.07, 6.45) is 14.8. The van der Waals surface area contributed by atoms with Gasteiger partial charge in [-0.1, -0.05) is 57.9 Å². The second-order valence-corrected chi connectivity index (χ2v) is 8.39. The van der Waals surface area contributed by atoms with Gasteiger partial charge in [0.25, 0.3) is 0 Å². The highest BCUT2D eigenvalue weighted by atomic mass is 16.4. The Kier molecular flexibility index (Phi) is 10.2. The average Bonchev–Trinajstić information content (AvgIpc) is 2.93. The molecule has 150 valence electrons. The van der Waals surface area contributed by atoms with Crippen molar-refractivity contribution in [1.29, 1.82) is 0 Å². The minimum atomic E-state index is -0.754. The molecular weight excluding hydrogens is 328 g/mol. The van der Waals surface area contributed by atoms with Crippen LogP contribution in [0.3, 0.4) is 0 Å². The van der Waals surface area contributed by atoms with Gasteiger partial charge in [0.1, 0.15) is 0 Å². The van der Waals surface area contributed by atoms with E-state index >= 15 is 0 Å². The van der Waals surface area contributed by atoms with Crippen molar-refractivity contribution in [2.75, 3.05) is 0 Å². The Morgan fingerprint density at radius 2 is 1.96 bits per heavy atom. The summed E-state index contributed by atoms with van der Waals surface area (Å²) in [6.45, 7) is 6.38. The normalized spacial score (nSPS) is 25.3. The summed E-state index contributed by atoms with van der Waals surface area (Å²) in [7, 11) is 0. The molecule has 0 radical (unpaired) electrons. The number of aliphatic hydroxyl groups is 2. The van der Waals surface area contributed by atoms with Gasteiger partial charge in [-0.25, -0.2) is 0 Å². The molecule has 3 N–H and O–H groups in total. The van der Waals surface area contributed by atoms with Gasteiger partial charge in [0.05, 0.1) is 12.2 Å². The molecule has 0 aromatic carbocycles. The highest BCUT2D eigenvalue weighted by Gasteiger charge is 2.33. The minimum absolute atomic E-state index is 0.122. The lowest BCUT2D eigenvalue weighted by atomic mass is 9.80. The van der Waals surface area contributed by atoms with Crippen molar-refractivity contribution < 1.29 is 20.1 Å². The monoisotopic (exact) mass is 366 g/mol. The van der Waals surface area contributed by atoms with Gasteiger partial charge in [-0.2, -0.15) is 0 Å². The number of rotatable bonds is 12. The Morgan fingerprint density at radius 1 is 1.23 bits per heavy atom.